The number of hydrogen-bond acceptors (Lipinski definition) is 8. The van der Waals surface area contributed by atoms with Crippen molar-refractivity contribution in [3.05, 3.63) is 61.7 Å². The lowest BCUT2D eigenvalue weighted by molar-refractivity contribution is -0.148. The van der Waals surface area contributed by atoms with Gasteiger partial charge in [0.05, 0.1) is 47.5 Å². The molecule has 3 aromatic rings. The second kappa shape index (κ2) is 10.2. The highest BCUT2D eigenvalue weighted by molar-refractivity contribution is 5.94. The van der Waals surface area contributed by atoms with Crippen molar-refractivity contribution in [2.45, 2.75) is 70.7 Å². The Kier molecular flexibility index (Phi) is 6.58. The van der Waals surface area contributed by atoms with Crippen molar-refractivity contribution < 1.29 is 28.2 Å². The van der Waals surface area contributed by atoms with Gasteiger partial charge in [-0.3, -0.25) is 19.2 Å². The van der Waals surface area contributed by atoms with Gasteiger partial charge in [0, 0.05) is 30.0 Å². The number of cyclic esters (lactones) is 1. The van der Waals surface area contributed by atoms with E-state index in [2.05, 4.69) is 5.32 Å². The Morgan fingerprint density at radius 2 is 2.02 bits per heavy atom. The first-order valence-electron chi connectivity index (χ1n) is 14.7. The van der Waals surface area contributed by atoms with E-state index in [9.17, 15) is 19.2 Å². The van der Waals surface area contributed by atoms with E-state index in [-0.39, 0.29) is 61.6 Å². The zero-order valence-corrected chi connectivity index (χ0v) is 24.0. The molecule has 2 aromatic heterocycles. The molecule has 5 heterocycles. The van der Waals surface area contributed by atoms with E-state index in [1.807, 2.05) is 17.9 Å². The highest BCUT2D eigenvalue weighted by Gasteiger charge is 2.43. The lowest BCUT2D eigenvalue weighted by atomic mass is 9.81. The molecule has 4 aliphatic rings. The van der Waals surface area contributed by atoms with Gasteiger partial charge < -0.3 is 30.0 Å². The molecular weight excluding hydrogens is 557 g/mol. The number of likely N-dealkylation sites (tertiary alicyclic amines) is 1. The van der Waals surface area contributed by atoms with E-state index in [0.29, 0.717) is 65.8 Å². The molecule has 3 atom stereocenters. The molecule has 0 saturated carbocycles. The number of aromatic nitrogens is 2. The van der Waals surface area contributed by atoms with Gasteiger partial charge in [-0.25, -0.2) is 9.37 Å². The maximum atomic E-state index is 15.2. The normalized spacial score (nSPS) is 22.0. The van der Waals surface area contributed by atoms with Gasteiger partial charge in [0.2, 0.25) is 5.91 Å². The largest absolute Gasteiger partial charge is 0.460 e. The molecular formula is C31H32FN5O6. The number of amides is 2. The highest BCUT2D eigenvalue weighted by Crippen LogP contribution is 2.48. The number of ether oxygens (including phenoxy) is 2. The summed E-state index contributed by atoms with van der Waals surface area (Å²) in [7, 11) is 0. The number of nitrogens with zero attached hydrogens (tertiary/aromatic N) is 3. The van der Waals surface area contributed by atoms with E-state index in [4.69, 9.17) is 20.2 Å². The van der Waals surface area contributed by atoms with Crippen molar-refractivity contribution in [2.24, 2.45) is 5.73 Å². The fourth-order valence-corrected chi connectivity index (χ4v) is 7.30. The highest BCUT2D eigenvalue weighted by atomic mass is 19.1. The number of fused-ring (bicyclic) bond motifs is 5. The lowest BCUT2D eigenvalue weighted by Crippen LogP contribution is -2.38. The Bertz CT molecular complexity index is 1800. The Hall–Kier alpha value is -4.16. The average molecular weight is 590 g/mol. The minimum absolute atomic E-state index is 0.0744. The molecule has 3 aliphatic heterocycles. The number of rotatable bonds is 6. The van der Waals surface area contributed by atoms with Crippen molar-refractivity contribution in [3.8, 4) is 11.4 Å². The van der Waals surface area contributed by atoms with Gasteiger partial charge in [0.1, 0.15) is 25.3 Å². The van der Waals surface area contributed by atoms with E-state index in [0.717, 1.165) is 22.1 Å². The molecule has 7 rings (SSSR count). The number of halogens is 1. The molecule has 1 unspecified atom stereocenters. The fraction of sp³-hybridized carbons (Fsp3) is 0.452. The molecule has 2 amide bonds. The molecule has 1 saturated heterocycles. The van der Waals surface area contributed by atoms with Gasteiger partial charge in [-0.2, -0.15) is 0 Å². The van der Waals surface area contributed by atoms with Crippen LogP contribution in [0.1, 0.15) is 71.5 Å². The lowest BCUT2D eigenvalue weighted by Gasteiger charge is -2.35. The Morgan fingerprint density at radius 3 is 2.79 bits per heavy atom. The SMILES string of the molecule is CC[C@H]1C(=O)OCc2c1cc1n(c2=O)Cc2c-1nc1cc(F)c(C)c3c1c2[C@@H](N1CCC(OCNC(=O)CN)C1=O)CC3. The van der Waals surface area contributed by atoms with Crippen LogP contribution in [-0.2, 0) is 43.4 Å². The summed E-state index contributed by atoms with van der Waals surface area (Å²) in [5.41, 5.74) is 11.0. The summed E-state index contributed by atoms with van der Waals surface area (Å²) in [6.07, 6.45) is 1.38. The van der Waals surface area contributed by atoms with Crippen molar-refractivity contribution in [1.29, 1.82) is 0 Å². The van der Waals surface area contributed by atoms with Gasteiger partial charge in [-0.05, 0) is 54.5 Å². The van der Waals surface area contributed by atoms with Crippen molar-refractivity contribution in [2.75, 3.05) is 19.8 Å². The number of carbonyl (C=O) groups is 3. The van der Waals surface area contributed by atoms with Gasteiger partial charge in [-0.1, -0.05) is 6.92 Å². The van der Waals surface area contributed by atoms with E-state index < -0.39 is 12.0 Å². The topological polar surface area (TPSA) is 146 Å². The molecule has 1 aliphatic carbocycles. The van der Waals surface area contributed by atoms with Crippen LogP contribution in [0.2, 0.25) is 0 Å². The maximum Gasteiger partial charge on any atom is 0.313 e. The van der Waals surface area contributed by atoms with E-state index >= 15 is 4.39 Å². The molecule has 3 N–H and O–H groups in total. The molecule has 1 fully saturated rings. The van der Waals surface area contributed by atoms with Crippen molar-refractivity contribution in [1.82, 2.24) is 19.8 Å². The third-order valence-corrected chi connectivity index (χ3v) is 9.47. The standard InChI is InChI=1S/C31H32FN5O6/c1-3-15-17-8-23-28-18(11-37(23)29(39)19(17)12-42-31(15)41)27-22(5-4-16-14(2)20(32)9-21(35-28)26(16)27)36-7-6-24(30(36)40)43-13-34-25(38)10-33/h8-9,15,22,24H,3-7,10-13,33H2,1-2H3,(H,34,38)/t15-,22+,24?/m1/s1. The predicted molar refractivity (Wildman–Crippen MR) is 152 cm³/mol. The summed E-state index contributed by atoms with van der Waals surface area (Å²) in [5.74, 6) is -1.80. The summed E-state index contributed by atoms with van der Waals surface area (Å²) < 4.78 is 27.9. The third kappa shape index (κ3) is 4.10. The number of benzene rings is 1. The van der Waals surface area contributed by atoms with E-state index in [1.54, 1.807) is 11.5 Å². The van der Waals surface area contributed by atoms with Crippen LogP contribution in [0.3, 0.4) is 0 Å². The van der Waals surface area contributed by atoms with Crippen LogP contribution in [0.25, 0.3) is 22.3 Å². The third-order valence-electron chi connectivity index (χ3n) is 9.47. The van der Waals surface area contributed by atoms with Crippen LogP contribution in [0.15, 0.2) is 16.9 Å². The number of aryl methyl sites for hydroxylation is 1. The van der Waals surface area contributed by atoms with Gasteiger partial charge in [-0.15, -0.1) is 0 Å². The summed E-state index contributed by atoms with van der Waals surface area (Å²) in [6, 6.07) is 2.97. The van der Waals surface area contributed by atoms with Crippen LogP contribution in [-0.4, -0.2) is 58.2 Å². The van der Waals surface area contributed by atoms with Crippen LogP contribution in [0.4, 0.5) is 4.39 Å². The Balaban J connectivity index is 1.35. The monoisotopic (exact) mass is 589 g/mol. The maximum absolute atomic E-state index is 15.2. The van der Waals surface area contributed by atoms with Crippen LogP contribution in [0, 0.1) is 12.7 Å². The zero-order chi connectivity index (χ0) is 30.2. The molecule has 0 spiro atoms. The second-order valence-corrected chi connectivity index (χ2v) is 11.6. The van der Waals surface area contributed by atoms with E-state index in [1.165, 1.54) is 6.07 Å². The molecule has 1 aromatic carbocycles. The Morgan fingerprint density at radius 1 is 1.21 bits per heavy atom. The number of nitrogens with one attached hydrogen (secondary N) is 1. The smallest absolute Gasteiger partial charge is 0.313 e. The minimum Gasteiger partial charge on any atom is -0.460 e. The quantitative estimate of drug-likeness (QED) is 0.257. The predicted octanol–water partition coefficient (Wildman–Crippen LogP) is 2.06. The molecule has 11 nitrogen and oxygen atoms in total. The second-order valence-electron chi connectivity index (χ2n) is 11.6. The number of esters is 1. The Labute approximate surface area is 246 Å². The first-order chi connectivity index (χ1) is 20.7. The molecule has 0 radical (unpaired) electrons. The van der Waals surface area contributed by atoms with Crippen LogP contribution < -0.4 is 16.6 Å². The molecule has 0 bridgehead atoms. The minimum atomic E-state index is -0.713. The number of hydrogen-bond donors (Lipinski definition) is 2. The summed E-state index contributed by atoms with van der Waals surface area (Å²) >= 11 is 0. The molecule has 12 heteroatoms. The summed E-state index contributed by atoms with van der Waals surface area (Å²) in [5, 5.41) is 3.36. The van der Waals surface area contributed by atoms with Crippen LogP contribution in [0.5, 0.6) is 0 Å². The zero-order valence-electron chi connectivity index (χ0n) is 24.0. The van der Waals surface area contributed by atoms with Gasteiger partial charge in [0.25, 0.3) is 11.5 Å². The molecule has 224 valence electrons. The van der Waals surface area contributed by atoms with Crippen molar-refractivity contribution in [3.63, 3.8) is 0 Å². The van der Waals surface area contributed by atoms with Gasteiger partial charge in [0.15, 0.2) is 0 Å². The number of nitrogens with two attached hydrogens (primary N) is 1. The van der Waals surface area contributed by atoms with Crippen LogP contribution >= 0.6 is 0 Å². The number of carbonyl (C=O) groups excluding carboxylic acids is 3. The summed E-state index contributed by atoms with van der Waals surface area (Å²) in [6.45, 7) is 3.98. The number of pyridine rings is 2. The van der Waals surface area contributed by atoms with Crippen molar-refractivity contribution >= 4 is 28.7 Å². The molecule has 43 heavy (non-hydrogen) atoms. The fourth-order valence-electron chi connectivity index (χ4n) is 7.30. The van der Waals surface area contributed by atoms with Gasteiger partial charge >= 0.3 is 5.97 Å². The first kappa shape index (κ1) is 27.7. The summed E-state index contributed by atoms with van der Waals surface area (Å²) in [4.78, 5) is 58.2. The average Bonchev–Trinajstić information content (AvgIpc) is 3.55. The first-order valence-corrected chi connectivity index (χ1v) is 14.7.